The van der Waals surface area contributed by atoms with Gasteiger partial charge in [0, 0.05) is 12.3 Å². The molecular formula is C9H16N2O3S2. The van der Waals surface area contributed by atoms with Crippen molar-refractivity contribution in [2.75, 3.05) is 30.2 Å². The molecule has 1 atom stereocenters. The smallest absolute Gasteiger partial charge is 0.327 e. The third kappa shape index (κ3) is 3.79. The summed E-state index contributed by atoms with van der Waals surface area (Å²) in [6.45, 7) is 0.604. The summed E-state index contributed by atoms with van der Waals surface area (Å²) in [5.74, 6) is 1.01. The van der Waals surface area contributed by atoms with Crippen LogP contribution in [-0.2, 0) is 4.79 Å². The lowest BCUT2D eigenvalue weighted by atomic mass is 10.3. The maximum absolute atomic E-state index is 11.7. The highest BCUT2D eigenvalue weighted by Gasteiger charge is 2.34. The molecule has 1 fully saturated rings. The zero-order valence-electron chi connectivity index (χ0n) is 9.14. The average Bonchev–Trinajstić information content (AvgIpc) is 2.73. The number of hydrogen-bond donors (Lipinski definition) is 2. The van der Waals surface area contributed by atoms with Crippen LogP contribution in [-0.4, -0.2) is 58.2 Å². The zero-order chi connectivity index (χ0) is 12.0. The number of nitrogens with one attached hydrogen (secondary N) is 1. The molecule has 5 nitrogen and oxygen atoms in total. The molecule has 1 saturated heterocycles. The number of carbonyl (C=O) groups excluding carboxylic acids is 1. The maximum Gasteiger partial charge on any atom is 0.327 e. The van der Waals surface area contributed by atoms with E-state index in [1.165, 1.54) is 16.7 Å². The van der Waals surface area contributed by atoms with Gasteiger partial charge in [-0.3, -0.25) is 0 Å². The number of hydrogen-bond acceptors (Lipinski definition) is 4. The number of thioether (sulfide) groups is 2. The second-order valence-electron chi connectivity index (χ2n) is 3.40. The van der Waals surface area contributed by atoms with Gasteiger partial charge in [0.2, 0.25) is 0 Å². The van der Waals surface area contributed by atoms with Gasteiger partial charge in [-0.05, 0) is 18.4 Å². The third-order valence-corrected chi connectivity index (χ3v) is 3.94. The summed E-state index contributed by atoms with van der Waals surface area (Å²) in [5.41, 5.74) is 0. The average molecular weight is 264 g/mol. The van der Waals surface area contributed by atoms with Gasteiger partial charge in [-0.25, -0.2) is 9.59 Å². The Morgan fingerprint density at radius 2 is 2.38 bits per heavy atom. The lowest BCUT2D eigenvalue weighted by molar-refractivity contribution is -0.140. The number of rotatable bonds is 5. The molecule has 0 unspecified atom stereocenters. The number of carboxylic acids is 1. The van der Waals surface area contributed by atoms with Crippen molar-refractivity contribution in [3.63, 3.8) is 0 Å². The molecule has 1 aliphatic rings. The SMILES string of the molecule is CSCCCNC(=O)N1CSC[C@H]1C(=O)O. The molecular weight excluding hydrogens is 248 g/mol. The van der Waals surface area contributed by atoms with E-state index in [1.807, 2.05) is 6.26 Å². The monoisotopic (exact) mass is 264 g/mol. The zero-order valence-corrected chi connectivity index (χ0v) is 10.8. The first-order valence-electron chi connectivity index (χ1n) is 5.00. The molecule has 0 spiro atoms. The van der Waals surface area contributed by atoms with E-state index in [-0.39, 0.29) is 6.03 Å². The molecule has 16 heavy (non-hydrogen) atoms. The molecule has 0 saturated carbocycles. The van der Waals surface area contributed by atoms with Gasteiger partial charge in [0.15, 0.2) is 0 Å². The highest BCUT2D eigenvalue weighted by atomic mass is 32.2. The van der Waals surface area contributed by atoms with Gasteiger partial charge in [-0.15, -0.1) is 11.8 Å². The van der Waals surface area contributed by atoms with E-state index < -0.39 is 12.0 Å². The summed E-state index contributed by atoms with van der Waals surface area (Å²) in [4.78, 5) is 23.9. The Balaban J connectivity index is 2.32. The first-order valence-corrected chi connectivity index (χ1v) is 7.55. The molecule has 7 heteroatoms. The van der Waals surface area contributed by atoms with Crippen LogP contribution in [0.3, 0.4) is 0 Å². The molecule has 2 N–H and O–H groups in total. The van der Waals surface area contributed by atoms with E-state index in [0.29, 0.717) is 18.2 Å². The van der Waals surface area contributed by atoms with Gasteiger partial charge in [-0.1, -0.05) is 0 Å². The number of aliphatic carboxylic acids is 1. The highest BCUT2D eigenvalue weighted by Crippen LogP contribution is 2.20. The molecule has 1 heterocycles. The second kappa shape index (κ2) is 6.90. The minimum Gasteiger partial charge on any atom is -0.480 e. The molecule has 0 aliphatic carbocycles. The molecule has 0 aromatic carbocycles. The van der Waals surface area contributed by atoms with Gasteiger partial charge in [0.1, 0.15) is 6.04 Å². The fourth-order valence-corrected chi connectivity index (χ4v) is 2.94. The molecule has 1 aliphatic heterocycles. The topological polar surface area (TPSA) is 69.6 Å². The van der Waals surface area contributed by atoms with Crippen molar-refractivity contribution < 1.29 is 14.7 Å². The summed E-state index contributed by atoms with van der Waals surface area (Å²) >= 11 is 3.20. The summed E-state index contributed by atoms with van der Waals surface area (Å²) in [7, 11) is 0. The largest absolute Gasteiger partial charge is 0.480 e. The normalized spacial score (nSPS) is 19.8. The van der Waals surface area contributed by atoms with Crippen LogP contribution >= 0.6 is 23.5 Å². The fraction of sp³-hybridized carbons (Fsp3) is 0.778. The summed E-state index contributed by atoms with van der Waals surface area (Å²) in [5, 5.41) is 11.6. The van der Waals surface area contributed by atoms with Crippen molar-refractivity contribution in [3.05, 3.63) is 0 Å². The van der Waals surface area contributed by atoms with Crippen LogP contribution in [0.15, 0.2) is 0 Å². The van der Waals surface area contributed by atoms with Crippen LogP contribution in [0.2, 0.25) is 0 Å². The number of urea groups is 1. The highest BCUT2D eigenvalue weighted by molar-refractivity contribution is 7.99. The molecule has 1 rings (SSSR count). The fourth-order valence-electron chi connectivity index (χ4n) is 1.36. The first-order chi connectivity index (χ1) is 7.66. The predicted molar refractivity (Wildman–Crippen MR) is 67.0 cm³/mol. The van der Waals surface area contributed by atoms with Crippen molar-refractivity contribution >= 4 is 35.5 Å². The Morgan fingerprint density at radius 3 is 3.00 bits per heavy atom. The van der Waals surface area contributed by atoms with Crippen molar-refractivity contribution in [1.29, 1.82) is 0 Å². The van der Waals surface area contributed by atoms with Gasteiger partial charge in [0.25, 0.3) is 0 Å². The van der Waals surface area contributed by atoms with E-state index in [1.54, 1.807) is 11.8 Å². The van der Waals surface area contributed by atoms with Gasteiger partial charge >= 0.3 is 12.0 Å². The van der Waals surface area contributed by atoms with Crippen LogP contribution in [0.1, 0.15) is 6.42 Å². The standard InChI is InChI=1S/C9H16N2O3S2/c1-15-4-2-3-10-9(14)11-6-16-5-7(11)8(12)13/h7H,2-6H2,1H3,(H,10,14)(H,12,13)/t7-/m0/s1. The Morgan fingerprint density at radius 1 is 1.62 bits per heavy atom. The molecule has 92 valence electrons. The van der Waals surface area contributed by atoms with Crippen LogP contribution in [0, 0.1) is 0 Å². The van der Waals surface area contributed by atoms with Crippen molar-refractivity contribution in [3.8, 4) is 0 Å². The Bertz CT molecular complexity index is 263. The van der Waals surface area contributed by atoms with Crippen LogP contribution in [0.5, 0.6) is 0 Å². The minimum atomic E-state index is -0.927. The van der Waals surface area contributed by atoms with Gasteiger partial charge in [0.05, 0.1) is 5.88 Å². The predicted octanol–water partition coefficient (Wildman–Crippen LogP) is 0.909. The lowest BCUT2D eigenvalue weighted by Crippen LogP contribution is -2.47. The second-order valence-corrected chi connectivity index (χ2v) is 5.39. The molecule has 0 bridgehead atoms. The van der Waals surface area contributed by atoms with E-state index in [4.69, 9.17) is 5.11 Å². The molecule has 0 radical (unpaired) electrons. The number of carboxylic acid groups (broad SMARTS) is 1. The number of nitrogens with zero attached hydrogens (tertiary/aromatic N) is 1. The number of amides is 2. The Labute approximate surface area is 103 Å². The minimum absolute atomic E-state index is 0.265. The summed E-state index contributed by atoms with van der Waals surface area (Å²) in [6, 6.07) is -0.941. The first kappa shape index (κ1) is 13.5. The van der Waals surface area contributed by atoms with Crippen molar-refractivity contribution in [2.45, 2.75) is 12.5 Å². The summed E-state index contributed by atoms with van der Waals surface area (Å²) < 4.78 is 0. The lowest BCUT2D eigenvalue weighted by Gasteiger charge is -2.20. The van der Waals surface area contributed by atoms with E-state index in [9.17, 15) is 9.59 Å². The number of carbonyl (C=O) groups is 2. The van der Waals surface area contributed by atoms with E-state index >= 15 is 0 Å². The molecule has 2 amide bonds. The van der Waals surface area contributed by atoms with Crippen molar-refractivity contribution in [1.82, 2.24) is 10.2 Å². The van der Waals surface area contributed by atoms with E-state index in [0.717, 1.165) is 12.2 Å². The Hall–Kier alpha value is -0.560. The van der Waals surface area contributed by atoms with Crippen molar-refractivity contribution in [2.24, 2.45) is 0 Å². The maximum atomic E-state index is 11.7. The summed E-state index contributed by atoms with van der Waals surface area (Å²) in [6.07, 6.45) is 2.92. The van der Waals surface area contributed by atoms with Gasteiger partial charge in [-0.2, -0.15) is 11.8 Å². The van der Waals surface area contributed by atoms with Crippen LogP contribution < -0.4 is 5.32 Å². The van der Waals surface area contributed by atoms with E-state index in [2.05, 4.69) is 5.32 Å². The van der Waals surface area contributed by atoms with Gasteiger partial charge < -0.3 is 15.3 Å². The third-order valence-electron chi connectivity index (χ3n) is 2.23. The van der Waals surface area contributed by atoms with Crippen LogP contribution in [0.4, 0.5) is 4.79 Å². The molecule has 0 aromatic rings. The molecule has 0 aromatic heterocycles. The Kier molecular flexibility index (Phi) is 5.83. The van der Waals surface area contributed by atoms with Crippen LogP contribution in [0.25, 0.3) is 0 Å². The quantitative estimate of drug-likeness (QED) is 0.722.